The van der Waals surface area contributed by atoms with E-state index in [0.29, 0.717) is 23.8 Å². The van der Waals surface area contributed by atoms with E-state index < -0.39 is 0 Å². The average Bonchev–Trinajstić information content (AvgIpc) is 3.21. The summed E-state index contributed by atoms with van der Waals surface area (Å²) in [7, 11) is 1.62. The van der Waals surface area contributed by atoms with Gasteiger partial charge in [0.1, 0.15) is 23.8 Å². The lowest BCUT2D eigenvalue weighted by molar-refractivity contribution is 0.101. The minimum absolute atomic E-state index is 0.0696. The van der Waals surface area contributed by atoms with E-state index >= 15 is 0 Å². The molecule has 0 saturated carbocycles. The van der Waals surface area contributed by atoms with Crippen LogP contribution in [0.2, 0.25) is 0 Å². The molecule has 0 aliphatic carbocycles. The van der Waals surface area contributed by atoms with Crippen LogP contribution in [0.15, 0.2) is 33.4 Å². The van der Waals surface area contributed by atoms with Crippen molar-refractivity contribution in [3.8, 4) is 28.4 Å². The first-order chi connectivity index (χ1) is 11.6. The van der Waals surface area contributed by atoms with Crippen LogP contribution < -0.4 is 9.47 Å². The third-order valence-electron chi connectivity index (χ3n) is 3.95. The molecular weight excluding hydrogens is 392 g/mol. The molecule has 7 heteroatoms. The number of halogens is 1. The van der Waals surface area contributed by atoms with Gasteiger partial charge in [-0.05, 0) is 33.4 Å². The molecule has 1 aromatic carbocycles. The summed E-state index contributed by atoms with van der Waals surface area (Å²) in [6, 6.07) is 5.77. The number of Topliss-reactive ketones (excluding diaryl/α,β-unsaturated/α-hetero) is 1. The zero-order chi connectivity index (χ0) is 16.8. The van der Waals surface area contributed by atoms with Gasteiger partial charge in [0.15, 0.2) is 5.78 Å². The van der Waals surface area contributed by atoms with Crippen molar-refractivity contribution in [2.24, 2.45) is 0 Å². The summed E-state index contributed by atoms with van der Waals surface area (Å²) < 4.78 is 13.9. The van der Waals surface area contributed by atoms with E-state index in [1.807, 2.05) is 33.6 Å². The van der Waals surface area contributed by atoms with Crippen molar-refractivity contribution >= 4 is 33.0 Å². The van der Waals surface area contributed by atoms with Crippen molar-refractivity contribution in [3.63, 3.8) is 0 Å². The molecule has 4 rings (SSSR count). The monoisotopic (exact) mass is 404 g/mol. The number of thiophene rings is 1. The number of benzene rings is 1. The van der Waals surface area contributed by atoms with Crippen LogP contribution in [0.1, 0.15) is 23.0 Å². The van der Waals surface area contributed by atoms with Gasteiger partial charge in [0.25, 0.3) is 0 Å². The SMILES string of the molecule is COc1cc2c(cc1Br)-c1c(c(C(C)=O)nn1-c1ccsc1)CO2. The van der Waals surface area contributed by atoms with E-state index in [4.69, 9.17) is 9.47 Å². The highest BCUT2D eigenvalue weighted by molar-refractivity contribution is 9.10. The van der Waals surface area contributed by atoms with E-state index in [9.17, 15) is 4.79 Å². The molecular formula is C17H13BrN2O3S. The second-order valence-corrected chi connectivity index (χ2v) is 7.03. The number of ether oxygens (including phenoxy) is 2. The number of ketones is 1. The highest BCUT2D eigenvalue weighted by Crippen LogP contribution is 2.44. The Labute approximate surface area is 151 Å². The number of hydrogen-bond donors (Lipinski definition) is 0. The third kappa shape index (κ3) is 2.27. The second kappa shape index (κ2) is 5.75. The van der Waals surface area contributed by atoms with Crippen LogP contribution in [0.3, 0.4) is 0 Å². The maximum atomic E-state index is 12.0. The van der Waals surface area contributed by atoms with Crippen LogP contribution in [-0.2, 0) is 6.61 Å². The van der Waals surface area contributed by atoms with Gasteiger partial charge in [0.2, 0.25) is 0 Å². The highest BCUT2D eigenvalue weighted by atomic mass is 79.9. The molecule has 2 aromatic heterocycles. The van der Waals surface area contributed by atoms with Gasteiger partial charge >= 0.3 is 0 Å². The predicted molar refractivity (Wildman–Crippen MR) is 95.5 cm³/mol. The number of carbonyl (C=O) groups excluding carboxylic acids is 1. The minimum Gasteiger partial charge on any atom is -0.495 e. The van der Waals surface area contributed by atoms with Gasteiger partial charge in [0, 0.05) is 29.5 Å². The zero-order valence-electron chi connectivity index (χ0n) is 13.0. The van der Waals surface area contributed by atoms with Crippen LogP contribution in [-0.4, -0.2) is 22.7 Å². The fourth-order valence-corrected chi connectivity index (χ4v) is 3.98. The summed E-state index contributed by atoms with van der Waals surface area (Å²) in [6.45, 7) is 1.84. The number of nitrogens with zero attached hydrogens (tertiary/aromatic N) is 2. The quantitative estimate of drug-likeness (QED) is 0.604. The summed E-state index contributed by atoms with van der Waals surface area (Å²) in [5.41, 5.74) is 3.98. The Kier molecular flexibility index (Phi) is 3.69. The molecule has 1 aliphatic rings. The Morgan fingerprint density at radius 1 is 1.46 bits per heavy atom. The molecule has 0 radical (unpaired) electrons. The molecule has 0 bridgehead atoms. The Morgan fingerprint density at radius 3 is 2.96 bits per heavy atom. The fraction of sp³-hybridized carbons (Fsp3) is 0.176. The van der Waals surface area contributed by atoms with Crippen LogP contribution in [0.4, 0.5) is 0 Å². The summed E-state index contributed by atoms with van der Waals surface area (Å²) >= 11 is 5.11. The Bertz CT molecular complexity index is 947. The van der Waals surface area contributed by atoms with Crippen LogP contribution in [0.5, 0.6) is 11.5 Å². The lowest BCUT2D eigenvalue weighted by Gasteiger charge is -2.20. The summed E-state index contributed by atoms with van der Waals surface area (Å²) in [4.78, 5) is 12.0. The third-order valence-corrected chi connectivity index (χ3v) is 5.24. The van der Waals surface area contributed by atoms with Crippen molar-refractivity contribution in [3.05, 3.63) is 44.7 Å². The Balaban J connectivity index is 2.02. The van der Waals surface area contributed by atoms with E-state index in [1.165, 1.54) is 6.92 Å². The Morgan fingerprint density at radius 2 is 2.29 bits per heavy atom. The minimum atomic E-state index is -0.0696. The maximum Gasteiger partial charge on any atom is 0.180 e. The lowest BCUT2D eigenvalue weighted by atomic mass is 10.0. The van der Waals surface area contributed by atoms with Gasteiger partial charge in [-0.1, -0.05) is 0 Å². The van der Waals surface area contributed by atoms with E-state index in [2.05, 4.69) is 21.0 Å². The lowest BCUT2D eigenvalue weighted by Crippen LogP contribution is -2.09. The van der Waals surface area contributed by atoms with Gasteiger partial charge in [0.05, 0.1) is 23.0 Å². The van der Waals surface area contributed by atoms with E-state index in [0.717, 1.165) is 27.0 Å². The van der Waals surface area contributed by atoms with E-state index in [-0.39, 0.29) is 5.78 Å². The molecule has 122 valence electrons. The number of fused-ring (bicyclic) bond motifs is 3. The number of aromatic nitrogens is 2. The first-order valence-corrected chi connectivity index (χ1v) is 9.00. The van der Waals surface area contributed by atoms with Crippen molar-refractivity contribution in [1.82, 2.24) is 9.78 Å². The molecule has 3 heterocycles. The van der Waals surface area contributed by atoms with Gasteiger partial charge in [-0.3, -0.25) is 4.79 Å². The van der Waals surface area contributed by atoms with Gasteiger partial charge in [-0.15, -0.1) is 0 Å². The fourth-order valence-electron chi connectivity index (χ4n) is 2.86. The maximum absolute atomic E-state index is 12.0. The molecule has 5 nitrogen and oxygen atoms in total. The topological polar surface area (TPSA) is 53.3 Å². The van der Waals surface area contributed by atoms with Crippen molar-refractivity contribution in [1.29, 1.82) is 0 Å². The van der Waals surface area contributed by atoms with Crippen LogP contribution >= 0.6 is 27.3 Å². The largest absolute Gasteiger partial charge is 0.495 e. The van der Waals surface area contributed by atoms with Gasteiger partial charge in [-0.25, -0.2) is 4.68 Å². The normalized spacial score (nSPS) is 12.3. The molecule has 24 heavy (non-hydrogen) atoms. The number of hydrogen-bond acceptors (Lipinski definition) is 5. The number of carbonyl (C=O) groups is 1. The van der Waals surface area contributed by atoms with Crippen LogP contribution in [0.25, 0.3) is 16.9 Å². The molecule has 3 aromatic rings. The molecule has 0 N–H and O–H groups in total. The first-order valence-electron chi connectivity index (χ1n) is 7.26. The number of rotatable bonds is 3. The summed E-state index contributed by atoms with van der Waals surface area (Å²) in [5.74, 6) is 1.35. The molecule has 0 saturated heterocycles. The molecule has 0 unspecified atom stereocenters. The van der Waals surface area contributed by atoms with E-state index in [1.54, 1.807) is 18.4 Å². The molecule has 0 spiro atoms. The summed E-state index contributed by atoms with van der Waals surface area (Å²) in [6.07, 6.45) is 0. The molecule has 1 aliphatic heterocycles. The first kappa shape index (κ1) is 15.4. The predicted octanol–water partition coefficient (Wildman–Crippen LogP) is 4.47. The summed E-state index contributed by atoms with van der Waals surface area (Å²) in [5, 5.41) is 8.54. The Hall–Kier alpha value is -2.12. The smallest absolute Gasteiger partial charge is 0.180 e. The molecule has 0 fully saturated rings. The van der Waals surface area contributed by atoms with Crippen LogP contribution in [0, 0.1) is 0 Å². The van der Waals surface area contributed by atoms with Gasteiger partial charge < -0.3 is 9.47 Å². The standard InChI is InChI=1S/C17H13BrN2O3S/c1-9(21)16-12-7-23-14-6-15(22-2)13(18)5-11(14)17(12)20(19-16)10-3-4-24-8-10/h3-6,8H,7H2,1-2H3. The van der Waals surface area contributed by atoms with Crippen molar-refractivity contribution in [2.75, 3.05) is 7.11 Å². The number of methoxy groups -OCH3 is 1. The van der Waals surface area contributed by atoms with Gasteiger partial charge in [-0.2, -0.15) is 16.4 Å². The molecule has 0 atom stereocenters. The average molecular weight is 405 g/mol. The highest BCUT2D eigenvalue weighted by Gasteiger charge is 2.29. The van der Waals surface area contributed by atoms with Crippen molar-refractivity contribution in [2.45, 2.75) is 13.5 Å². The second-order valence-electron chi connectivity index (χ2n) is 5.40. The molecule has 0 amide bonds. The van der Waals surface area contributed by atoms with Crippen molar-refractivity contribution < 1.29 is 14.3 Å². The zero-order valence-corrected chi connectivity index (χ0v) is 15.4.